The number of para-hydroxylation sites is 1. The SMILES string of the molecule is O=C(CCNC(=O)c1c[nH]c2ccccc12)N[C@H](Cn1cncn1)c1ccccc1. The lowest BCUT2D eigenvalue weighted by molar-refractivity contribution is -0.121. The second kappa shape index (κ2) is 9.04. The molecule has 4 rings (SSSR count). The molecule has 0 bridgehead atoms. The number of carbonyl (C=O) groups excluding carboxylic acids is 2. The van der Waals surface area contributed by atoms with Crippen LogP contribution in [0, 0.1) is 0 Å². The van der Waals surface area contributed by atoms with Crippen LogP contribution in [0.25, 0.3) is 10.9 Å². The summed E-state index contributed by atoms with van der Waals surface area (Å²) in [5, 5.41) is 10.8. The van der Waals surface area contributed by atoms with Gasteiger partial charge in [0.05, 0.1) is 18.2 Å². The van der Waals surface area contributed by atoms with Crippen LogP contribution in [0.3, 0.4) is 0 Å². The summed E-state index contributed by atoms with van der Waals surface area (Å²) in [4.78, 5) is 32.0. The first-order chi connectivity index (χ1) is 14.7. The first-order valence-electron chi connectivity index (χ1n) is 9.72. The predicted molar refractivity (Wildman–Crippen MR) is 113 cm³/mol. The molecule has 2 aromatic carbocycles. The Kier molecular flexibility index (Phi) is 5.84. The third-order valence-corrected chi connectivity index (χ3v) is 4.84. The summed E-state index contributed by atoms with van der Waals surface area (Å²) in [6.45, 7) is 0.715. The molecule has 1 atom stereocenters. The van der Waals surface area contributed by atoms with Crippen molar-refractivity contribution >= 4 is 22.7 Å². The molecule has 30 heavy (non-hydrogen) atoms. The predicted octanol–water partition coefficient (Wildman–Crippen LogP) is 2.44. The smallest absolute Gasteiger partial charge is 0.253 e. The number of nitrogens with one attached hydrogen (secondary N) is 3. The molecule has 8 nitrogen and oxygen atoms in total. The van der Waals surface area contributed by atoms with Gasteiger partial charge in [-0.3, -0.25) is 14.3 Å². The Labute approximate surface area is 173 Å². The Morgan fingerprint density at radius 1 is 1.07 bits per heavy atom. The normalized spacial score (nSPS) is 11.9. The van der Waals surface area contributed by atoms with E-state index in [1.54, 1.807) is 17.2 Å². The third kappa shape index (κ3) is 4.54. The number of nitrogens with zero attached hydrogens (tertiary/aromatic N) is 3. The number of fused-ring (bicyclic) bond motifs is 1. The lowest BCUT2D eigenvalue weighted by atomic mass is 10.1. The quantitative estimate of drug-likeness (QED) is 0.421. The van der Waals surface area contributed by atoms with Crippen LogP contribution < -0.4 is 10.6 Å². The molecule has 4 aromatic rings. The number of aromatic amines is 1. The number of aromatic nitrogens is 4. The van der Waals surface area contributed by atoms with Gasteiger partial charge in [-0.15, -0.1) is 0 Å². The van der Waals surface area contributed by atoms with Crippen molar-refractivity contribution in [2.45, 2.75) is 19.0 Å². The Bertz CT molecular complexity index is 1120. The van der Waals surface area contributed by atoms with Crippen molar-refractivity contribution in [3.8, 4) is 0 Å². The summed E-state index contributed by atoms with van der Waals surface area (Å²) in [6.07, 6.45) is 4.94. The summed E-state index contributed by atoms with van der Waals surface area (Å²) in [7, 11) is 0. The van der Waals surface area contributed by atoms with E-state index < -0.39 is 0 Å². The number of benzene rings is 2. The van der Waals surface area contributed by atoms with Crippen LogP contribution in [-0.2, 0) is 11.3 Å². The van der Waals surface area contributed by atoms with Gasteiger partial charge in [-0.1, -0.05) is 48.5 Å². The number of hydrogen-bond donors (Lipinski definition) is 3. The Morgan fingerprint density at radius 3 is 2.67 bits per heavy atom. The molecule has 2 amide bonds. The molecule has 0 fully saturated rings. The van der Waals surface area contributed by atoms with Gasteiger partial charge in [0.2, 0.25) is 5.91 Å². The van der Waals surface area contributed by atoms with E-state index in [9.17, 15) is 9.59 Å². The average Bonchev–Trinajstić information content (AvgIpc) is 3.43. The Morgan fingerprint density at radius 2 is 1.87 bits per heavy atom. The lowest BCUT2D eigenvalue weighted by Gasteiger charge is -2.19. The molecule has 0 radical (unpaired) electrons. The van der Waals surface area contributed by atoms with E-state index >= 15 is 0 Å². The molecule has 0 spiro atoms. The molecule has 0 saturated heterocycles. The van der Waals surface area contributed by atoms with Gasteiger partial charge in [-0.2, -0.15) is 5.10 Å². The molecule has 2 heterocycles. The largest absolute Gasteiger partial charge is 0.360 e. The maximum absolute atomic E-state index is 12.5. The van der Waals surface area contributed by atoms with Crippen LogP contribution in [0.1, 0.15) is 28.4 Å². The second-order valence-electron chi connectivity index (χ2n) is 6.90. The van der Waals surface area contributed by atoms with Gasteiger partial charge in [0.1, 0.15) is 12.7 Å². The van der Waals surface area contributed by atoms with Crippen molar-refractivity contribution in [3.63, 3.8) is 0 Å². The Hall–Kier alpha value is -3.94. The molecule has 0 aliphatic heterocycles. The minimum Gasteiger partial charge on any atom is -0.360 e. The van der Waals surface area contributed by atoms with E-state index in [0.717, 1.165) is 16.5 Å². The first kappa shape index (κ1) is 19.4. The fraction of sp³-hybridized carbons (Fsp3) is 0.182. The van der Waals surface area contributed by atoms with Crippen LogP contribution in [0.2, 0.25) is 0 Å². The molecule has 0 aliphatic rings. The highest BCUT2D eigenvalue weighted by Crippen LogP contribution is 2.17. The second-order valence-corrected chi connectivity index (χ2v) is 6.90. The van der Waals surface area contributed by atoms with Crippen LogP contribution in [0.5, 0.6) is 0 Å². The first-order valence-corrected chi connectivity index (χ1v) is 9.72. The summed E-state index contributed by atoms with van der Waals surface area (Å²) in [5.74, 6) is -0.356. The van der Waals surface area contributed by atoms with Crippen molar-refractivity contribution < 1.29 is 9.59 Å². The van der Waals surface area contributed by atoms with Crippen molar-refractivity contribution in [2.75, 3.05) is 6.54 Å². The number of hydrogen-bond acceptors (Lipinski definition) is 4. The fourth-order valence-corrected chi connectivity index (χ4v) is 3.34. The molecular formula is C22H22N6O2. The van der Waals surface area contributed by atoms with Crippen LogP contribution in [0.15, 0.2) is 73.4 Å². The number of H-pyrrole nitrogens is 1. The topological polar surface area (TPSA) is 105 Å². The molecule has 0 aliphatic carbocycles. The van der Waals surface area contributed by atoms with Crippen molar-refractivity contribution in [3.05, 3.63) is 84.6 Å². The standard InChI is InChI=1S/C22H22N6O2/c29-21(10-11-24-22(30)18-12-25-19-9-5-4-8-17(18)19)27-20(13-28-15-23-14-26-28)16-6-2-1-3-7-16/h1-9,12,14-15,20,25H,10-11,13H2,(H,24,30)(H,27,29)/t20-/m1/s1. The molecule has 0 unspecified atom stereocenters. The van der Waals surface area contributed by atoms with Crippen molar-refractivity contribution in [2.24, 2.45) is 0 Å². The maximum atomic E-state index is 12.5. The fourth-order valence-electron chi connectivity index (χ4n) is 3.34. The van der Waals surface area contributed by atoms with Gasteiger partial charge in [0.25, 0.3) is 5.91 Å². The third-order valence-electron chi connectivity index (χ3n) is 4.84. The summed E-state index contributed by atoms with van der Waals surface area (Å²) < 4.78 is 1.68. The van der Waals surface area contributed by atoms with Gasteiger partial charge in [0, 0.05) is 30.1 Å². The molecule has 3 N–H and O–H groups in total. The highest BCUT2D eigenvalue weighted by atomic mass is 16.2. The van der Waals surface area contributed by atoms with Crippen LogP contribution >= 0.6 is 0 Å². The molecule has 2 aromatic heterocycles. The summed E-state index contributed by atoms with van der Waals surface area (Å²) in [6, 6.07) is 17.1. The van der Waals surface area contributed by atoms with E-state index in [0.29, 0.717) is 12.1 Å². The van der Waals surface area contributed by atoms with E-state index in [4.69, 9.17) is 0 Å². The van der Waals surface area contributed by atoms with Gasteiger partial charge >= 0.3 is 0 Å². The molecule has 8 heteroatoms. The van der Waals surface area contributed by atoms with Crippen molar-refractivity contribution in [1.82, 2.24) is 30.4 Å². The van der Waals surface area contributed by atoms with E-state index in [1.807, 2.05) is 54.6 Å². The highest BCUT2D eigenvalue weighted by molar-refractivity contribution is 6.06. The van der Waals surface area contributed by atoms with E-state index in [2.05, 4.69) is 25.7 Å². The lowest BCUT2D eigenvalue weighted by Crippen LogP contribution is -2.34. The van der Waals surface area contributed by atoms with Gasteiger partial charge in [-0.25, -0.2) is 4.98 Å². The van der Waals surface area contributed by atoms with E-state index in [-0.39, 0.29) is 30.8 Å². The summed E-state index contributed by atoms with van der Waals surface area (Å²) in [5.41, 5.74) is 2.45. The van der Waals surface area contributed by atoms with Gasteiger partial charge < -0.3 is 15.6 Å². The van der Waals surface area contributed by atoms with Crippen LogP contribution in [0.4, 0.5) is 0 Å². The Balaban J connectivity index is 1.34. The number of rotatable bonds is 8. The van der Waals surface area contributed by atoms with Crippen LogP contribution in [-0.4, -0.2) is 38.1 Å². The highest BCUT2D eigenvalue weighted by Gasteiger charge is 2.16. The minimum atomic E-state index is -0.246. The zero-order valence-electron chi connectivity index (χ0n) is 16.3. The number of carbonyl (C=O) groups is 2. The minimum absolute atomic E-state index is 0.150. The molecule has 0 saturated carbocycles. The zero-order chi connectivity index (χ0) is 20.8. The van der Waals surface area contributed by atoms with E-state index in [1.165, 1.54) is 6.33 Å². The summed E-state index contributed by atoms with van der Waals surface area (Å²) >= 11 is 0. The average molecular weight is 402 g/mol. The monoisotopic (exact) mass is 402 g/mol. The maximum Gasteiger partial charge on any atom is 0.253 e. The zero-order valence-corrected chi connectivity index (χ0v) is 16.3. The van der Waals surface area contributed by atoms with Gasteiger partial charge in [-0.05, 0) is 11.6 Å². The van der Waals surface area contributed by atoms with Crippen molar-refractivity contribution in [1.29, 1.82) is 0 Å². The molecular weight excluding hydrogens is 380 g/mol. The molecule has 152 valence electrons. The number of amides is 2. The van der Waals surface area contributed by atoms with Gasteiger partial charge in [0.15, 0.2) is 0 Å².